The van der Waals surface area contributed by atoms with Gasteiger partial charge in [-0.25, -0.2) is 0 Å². The maximum Gasteiger partial charge on any atom is 0.0960 e. The molecule has 0 aliphatic rings. The number of thiophene rings is 1. The predicted octanol–water partition coefficient (Wildman–Crippen LogP) is 4.98. The van der Waals surface area contributed by atoms with E-state index >= 15 is 0 Å². The van der Waals surface area contributed by atoms with Crippen molar-refractivity contribution in [1.29, 1.82) is 0 Å². The molecule has 1 unspecified atom stereocenters. The van der Waals surface area contributed by atoms with Crippen LogP contribution in [0.15, 0.2) is 34.8 Å². The molecule has 0 aliphatic carbocycles. The Balaban J connectivity index is 2.16. The van der Waals surface area contributed by atoms with Crippen LogP contribution in [0.25, 0.3) is 0 Å². The highest BCUT2D eigenvalue weighted by Crippen LogP contribution is 2.32. The highest BCUT2D eigenvalue weighted by Gasteiger charge is 2.14. The van der Waals surface area contributed by atoms with Gasteiger partial charge < -0.3 is 5.32 Å². The number of nitrogens with one attached hydrogen (secondary N) is 1. The van der Waals surface area contributed by atoms with Crippen LogP contribution in [0.5, 0.6) is 0 Å². The summed E-state index contributed by atoms with van der Waals surface area (Å²) in [6.45, 7) is 2.05. The van der Waals surface area contributed by atoms with Crippen LogP contribution in [0, 0.1) is 6.92 Å². The van der Waals surface area contributed by atoms with Crippen LogP contribution in [0.4, 0.5) is 0 Å². The van der Waals surface area contributed by atoms with E-state index in [9.17, 15) is 0 Å². The average Bonchev–Trinajstić information content (AvgIpc) is 2.69. The molecule has 1 N–H and O–H groups in total. The smallest absolute Gasteiger partial charge is 0.0960 e. The number of aryl methyl sites for hydroxylation is 1. The first kappa shape index (κ1) is 14.1. The minimum atomic E-state index is 0.322. The van der Waals surface area contributed by atoms with Crippen molar-refractivity contribution in [3.05, 3.63) is 55.1 Å². The van der Waals surface area contributed by atoms with Gasteiger partial charge in [-0.15, -0.1) is 11.3 Å². The van der Waals surface area contributed by atoms with Crippen LogP contribution in [0.1, 0.15) is 22.0 Å². The lowest BCUT2D eigenvalue weighted by molar-refractivity contribution is 0.602. The van der Waals surface area contributed by atoms with E-state index in [0.29, 0.717) is 6.04 Å². The Morgan fingerprint density at radius 1 is 1.33 bits per heavy atom. The molecule has 0 fully saturated rings. The molecule has 0 aliphatic heterocycles. The monoisotopic (exact) mass is 343 g/mol. The Labute approximate surface area is 125 Å². The summed E-state index contributed by atoms with van der Waals surface area (Å²) in [5.41, 5.74) is 2.48. The first-order valence-electron chi connectivity index (χ1n) is 5.77. The summed E-state index contributed by atoms with van der Waals surface area (Å²) in [7, 11) is 1.99. The number of likely N-dealkylation sites (N-methyl/N-ethyl adjacent to an activating group) is 1. The van der Waals surface area contributed by atoms with E-state index in [1.54, 1.807) is 11.3 Å². The zero-order valence-electron chi connectivity index (χ0n) is 10.3. The van der Waals surface area contributed by atoms with Gasteiger partial charge in [0.2, 0.25) is 0 Å². The fraction of sp³-hybridized carbons (Fsp3) is 0.286. The molecule has 2 aromatic rings. The Morgan fingerprint density at radius 3 is 2.50 bits per heavy atom. The second kappa shape index (κ2) is 6.20. The minimum absolute atomic E-state index is 0.322. The van der Waals surface area contributed by atoms with Gasteiger partial charge in [-0.3, -0.25) is 0 Å². The van der Waals surface area contributed by atoms with Crippen LogP contribution in [-0.4, -0.2) is 7.05 Å². The molecule has 0 saturated carbocycles. The van der Waals surface area contributed by atoms with Gasteiger partial charge >= 0.3 is 0 Å². The zero-order valence-corrected chi connectivity index (χ0v) is 13.5. The lowest BCUT2D eigenvalue weighted by Gasteiger charge is -2.14. The highest BCUT2D eigenvalue weighted by molar-refractivity contribution is 9.10. The molecule has 18 heavy (non-hydrogen) atoms. The molecule has 1 atom stereocenters. The van der Waals surface area contributed by atoms with Gasteiger partial charge in [-0.05, 0) is 49.7 Å². The maximum atomic E-state index is 6.14. The maximum absolute atomic E-state index is 6.14. The highest BCUT2D eigenvalue weighted by atomic mass is 79.9. The molecule has 1 aromatic carbocycles. The van der Waals surface area contributed by atoms with Crippen molar-refractivity contribution < 1.29 is 0 Å². The number of rotatable bonds is 4. The number of halogens is 2. The van der Waals surface area contributed by atoms with Crippen molar-refractivity contribution >= 4 is 38.9 Å². The zero-order chi connectivity index (χ0) is 13.1. The molecular formula is C14H15BrClNS. The normalized spacial score (nSPS) is 12.7. The van der Waals surface area contributed by atoms with Crippen molar-refractivity contribution in [3.63, 3.8) is 0 Å². The summed E-state index contributed by atoms with van der Waals surface area (Å²) >= 11 is 11.3. The Hall–Kier alpha value is -0.350. The first-order chi connectivity index (χ1) is 8.60. The molecule has 0 radical (unpaired) electrons. The van der Waals surface area contributed by atoms with Crippen molar-refractivity contribution in [2.24, 2.45) is 0 Å². The van der Waals surface area contributed by atoms with E-state index in [1.165, 1.54) is 10.4 Å². The van der Waals surface area contributed by atoms with E-state index in [-0.39, 0.29) is 0 Å². The second-order valence-electron chi connectivity index (χ2n) is 4.28. The lowest BCUT2D eigenvalue weighted by Crippen LogP contribution is -2.17. The van der Waals surface area contributed by atoms with E-state index < -0.39 is 0 Å². The molecule has 0 spiro atoms. The molecule has 1 nitrogen and oxygen atoms in total. The average molecular weight is 345 g/mol. The standard InChI is InChI=1S/C14H15BrClNS/c1-9-7-13(18-14(9)16)12(17-2)8-10-3-5-11(15)6-4-10/h3-7,12,17H,8H2,1-2H3. The van der Waals surface area contributed by atoms with Gasteiger partial charge in [-0.2, -0.15) is 0 Å². The minimum Gasteiger partial charge on any atom is -0.312 e. The van der Waals surface area contributed by atoms with E-state index in [4.69, 9.17) is 11.6 Å². The van der Waals surface area contributed by atoms with Gasteiger partial charge in [0.05, 0.1) is 4.34 Å². The third kappa shape index (κ3) is 3.35. The number of hydrogen-bond donors (Lipinski definition) is 1. The van der Waals surface area contributed by atoms with E-state index in [2.05, 4.69) is 58.5 Å². The first-order valence-corrected chi connectivity index (χ1v) is 7.76. The quantitative estimate of drug-likeness (QED) is 0.825. The van der Waals surface area contributed by atoms with Crippen molar-refractivity contribution in [3.8, 4) is 0 Å². The predicted molar refractivity (Wildman–Crippen MR) is 83.7 cm³/mol. The van der Waals surface area contributed by atoms with E-state index in [1.807, 2.05) is 7.05 Å². The molecule has 1 heterocycles. The summed E-state index contributed by atoms with van der Waals surface area (Å²) in [5, 5.41) is 3.36. The van der Waals surface area contributed by atoms with Crippen LogP contribution < -0.4 is 5.32 Å². The van der Waals surface area contributed by atoms with Gasteiger partial charge in [0.15, 0.2) is 0 Å². The molecule has 4 heteroatoms. The van der Waals surface area contributed by atoms with Gasteiger partial charge in [0, 0.05) is 15.4 Å². The van der Waals surface area contributed by atoms with Crippen LogP contribution in [0.3, 0.4) is 0 Å². The topological polar surface area (TPSA) is 12.0 Å². The van der Waals surface area contributed by atoms with Crippen LogP contribution in [-0.2, 0) is 6.42 Å². The third-order valence-corrected chi connectivity index (χ3v) is 5.12. The van der Waals surface area contributed by atoms with Crippen molar-refractivity contribution in [2.45, 2.75) is 19.4 Å². The Kier molecular flexibility index (Phi) is 4.84. The van der Waals surface area contributed by atoms with Gasteiger partial charge in [0.1, 0.15) is 0 Å². The van der Waals surface area contributed by atoms with Crippen molar-refractivity contribution in [2.75, 3.05) is 7.05 Å². The summed E-state index contributed by atoms with van der Waals surface area (Å²) in [6, 6.07) is 11.0. The summed E-state index contributed by atoms with van der Waals surface area (Å²) in [4.78, 5) is 1.29. The SMILES string of the molecule is CNC(Cc1ccc(Br)cc1)c1cc(C)c(Cl)s1. The second-order valence-corrected chi connectivity index (χ2v) is 6.88. The van der Waals surface area contributed by atoms with Gasteiger partial charge in [-0.1, -0.05) is 39.7 Å². The molecular weight excluding hydrogens is 330 g/mol. The van der Waals surface area contributed by atoms with Crippen molar-refractivity contribution in [1.82, 2.24) is 5.32 Å². The molecule has 96 valence electrons. The summed E-state index contributed by atoms with van der Waals surface area (Å²) < 4.78 is 2.00. The lowest BCUT2D eigenvalue weighted by atomic mass is 10.0. The summed E-state index contributed by atoms with van der Waals surface area (Å²) in [6.07, 6.45) is 0.972. The van der Waals surface area contributed by atoms with Gasteiger partial charge in [0.25, 0.3) is 0 Å². The number of benzene rings is 1. The fourth-order valence-corrected chi connectivity index (χ4v) is 3.45. The van der Waals surface area contributed by atoms with E-state index in [0.717, 1.165) is 20.8 Å². The largest absolute Gasteiger partial charge is 0.312 e. The third-order valence-electron chi connectivity index (χ3n) is 2.92. The van der Waals surface area contributed by atoms with Crippen LogP contribution in [0.2, 0.25) is 4.34 Å². The fourth-order valence-electron chi connectivity index (χ4n) is 1.86. The summed E-state index contributed by atoms with van der Waals surface area (Å²) in [5.74, 6) is 0. The molecule has 1 aromatic heterocycles. The number of hydrogen-bond acceptors (Lipinski definition) is 2. The Bertz CT molecular complexity index is 502. The van der Waals surface area contributed by atoms with Crippen LogP contribution >= 0.6 is 38.9 Å². The molecule has 0 saturated heterocycles. The molecule has 0 bridgehead atoms. The molecule has 2 rings (SSSR count). The Morgan fingerprint density at radius 2 is 2.00 bits per heavy atom. The molecule has 0 amide bonds.